The first kappa shape index (κ1) is 13.6. The lowest BCUT2D eigenvalue weighted by Crippen LogP contribution is -2.14. The normalized spacial score (nSPS) is 15.2. The van der Waals surface area contributed by atoms with Crippen LogP contribution in [0.1, 0.15) is 31.2 Å². The van der Waals surface area contributed by atoms with Gasteiger partial charge in [0, 0.05) is 6.42 Å². The van der Waals surface area contributed by atoms with Gasteiger partial charge in [-0.1, -0.05) is 30.3 Å². The van der Waals surface area contributed by atoms with Crippen LogP contribution in [-0.2, 0) is 20.9 Å². The molecule has 0 heterocycles. The average Bonchev–Trinajstić information content (AvgIpc) is 2.47. The molecule has 0 bridgehead atoms. The second-order valence-corrected chi connectivity index (χ2v) is 4.42. The molecule has 1 aromatic rings. The van der Waals surface area contributed by atoms with E-state index in [9.17, 15) is 9.18 Å². The Hall–Kier alpha value is -1.84. The molecular formula is C15H17FO3. The van der Waals surface area contributed by atoms with Gasteiger partial charge in [0.25, 0.3) is 0 Å². The van der Waals surface area contributed by atoms with Gasteiger partial charge in [0.05, 0.1) is 5.57 Å². The van der Waals surface area contributed by atoms with Crippen molar-refractivity contribution in [1.29, 1.82) is 0 Å². The lowest BCUT2D eigenvalue weighted by atomic mass is 9.98. The Bertz CT molecular complexity index is 454. The van der Waals surface area contributed by atoms with Gasteiger partial charge in [-0.05, 0) is 24.8 Å². The largest absolute Gasteiger partial charge is 0.467 e. The number of rotatable bonds is 5. The van der Waals surface area contributed by atoms with Crippen molar-refractivity contribution in [3.8, 4) is 0 Å². The van der Waals surface area contributed by atoms with E-state index in [1.165, 1.54) is 0 Å². The van der Waals surface area contributed by atoms with Gasteiger partial charge in [-0.2, -0.15) is 0 Å². The van der Waals surface area contributed by atoms with Crippen LogP contribution in [0.3, 0.4) is 0 Å². The Kier molecular flexibility index (Phi) is 4.95. The lowest BCUT2D eigenvalue weighted by molar-refractivity contribution is -0.141. The average molecular weight is 264 g/mol. The highest BCUT2D eigenvalue weighted by Gasteiger charge is 2.21. The third-order valence-electron chi connectivity index (χ3n) is 3.11. The third kappa shape index (κ3) is 3.81. The molecule has 0 fully saturated rings. The van der Waals surface area contributed by atoms with E-state index in [-0.39, 0.29) is 6.61 Å². The topological polar surface area (TPSA) is 35.5 Å². The number of esters is 1. The zero-order valence-corrected chi connectivity index (χ0v) is 10.7. The van der Waals surface area contributed by atoms with Crippen molar-refractivity contribution in [3.05, 3.63) is 47.2 Å². The number of halogens is 1. The van der Waals surface area contributed by atoms with Crippen molar-refractivity contribution in [2.45, 2.75) is 32.3 Å². The van der Waals surface area contributed by atoms with E-state index >= 15 is 0 Å². The zero-order valence-electron chi connectivity index (χ0n) is 10.7. The summed E-state index contributed by atoms with van der Waals surface area (Å²) in [5, 5.41) is 0. The third-order valence-corrected chi connectivity index (χ3v) is 3.11. The highest BCUT2D eigenvalue weighted by Crippen LogP contribution is 2.26. The summed E-state index contributed by atoms with van der Waals surface area (Å²) in [5.41, 5.74) is 1.42. The van der Waals surface area contributed by atoms with E-state index in [0.29, 0.717) is 24.2 Å². The summed E-state index contributed by atoms with van der Waals surface area (Å²) in [6.45, 7) is -0.670. The molecule has 2 rings (SSSR count). The first-order valence-corrected chi connectivity index (χ1v) is 6.43. The van der Waals surface area contributed by atoms with Crippen LogP contribution < -0.4 is 0 Å². The summed E-state index contributed by atoms with van der Waals surface area (Å²) >= 11 is 0. The maximum atomic E-state index is 12.3. The fraction of sp³-hybridized carbons (Fsp3) is 0.400. The molecule has 0 saturated carbocycles. The number of carbonyl (C=O) groups is 1. The Morgan fingerprint density at radius 2 is 1.89 bits per heavy atom. The van der Waals surface area contributed by atoms with Crippen molar-refractivity contribution in [1.82, 2.24) is 0 Å². The fourth-order valence-corrected chi connectivity index (χ4v) is 2.13. The molecule has 0 amide bonds. The summed E-state index contributed by atoms with van der Waals surface area (Å²) < 4.78 is 22.4. The molecule has 102 valence electrons. The number of alkyl halides is 1. The number of hydrogen-bond acceptors (Lipinski definition) is 3. The van der Waals surface area contributed by atoms with Gasteiger partial charge in [0.2, 0.25) is 6.86 Å². The first-order chi connectivity index (χ1) is 9.31. The number of carbonyl (C=O) groups excluding carboxylic acids is 1. The van der Waals surface area contributed by atoms with Crippen molar-refractivity contribution >= 4 is 5.97 Å². The molecular weight excluding hydrogens is 247 g/mol. The summed E-state index contributed by atoms with van der Waals surface area (Å²) in [6.07, 6.45) is 3.04. The van der Waals surface area contributed by atoms with E-state index in [4.69, 9.17) is 9.47 Å². The Balaban J connectivity index is 1.98. The first-order valence-electron chi connectivity index (χ1n) is 6.43. The number of hydrogen-bond donors (Lipinski definition) is 0. The van der Waals surface area contributed by atoms with Gasteiger partial charge in [-0.25, -0.2) is 9.18 Å². The van der Waals surface area contributed by atoms with Crippen LogP contribution in [0.5, 0.6) is 0 Å². The Morgan fingerprint density at radius 1 is 1.16 bits per heavy atom. The van der Waals surface area contributed by atoms with Gasteiger partial charge in [-0.3, -0.25) is 0 Å². The summed E-state index contributed by atoms with van der Waals surface area (Å²) in [7, 11) is 0. The van der Waals surface area contributed by atoms with E-state index in [2.05, 4.69) is 0 Å². The van der Waals surface area contributed by atoms with Crippen LogP contribution in [0.2, 0.25) is 0 Å². The minimum atomic E-state index is -0.898. The molecule has 0 aromatic heterocycles. The molecule has 1 aliphatic carbocycles. The van der Waals surface area contributed by atoms with Gasteiger partial charge in [0.1, 0.15) is 12.4 Å². The Labute approximate surface area is 112 Å². The molecule has 3 nitrogen and oxygen atoms in total. The second-order valence-electron chi connectivity index (χ2n) is 4.42. The highest BCUT2D eigenvalue weighted by molar-refractivity contribution is 5.89. The summed E-state index contributed by atoms with van der Waals surface area (Å²) in [4.78, 5) is 12.0. The quantitative estimate of drug-likeness (QED) is 0.763. The number of benzene rings is 1. The van der Waals surface area contributed by atoms with Crippen LogP contribution in [0.4, 0.5) is 4.39 Å². The van der Waals surface area contributed by atoms with E-state index in [1.807, 2.05) is 30.3 Å². The molecule has 4 heteroatoms. The standard InChI is InChI=1S/C15H17FO3/c16-11-19-14-9-5-4-8-13(14)15(17)18-10-12-6-2-1-3-7-12/h1-3,6-7H,4-5,8-11H2. The molecule has 0 aliphatic heterocycles. The van der Waals surface area contributed by atoms with Crippen LogP contribution in [-0.4, -0.2) is 12.8 Å². The minimum Gasteiger partial charge on any atom is -0.467 e. The zero-order chi connectivity index (χ0) is 13.5. The van der Waals surface area contributed by atoms with E-state index < -0.39 is 12.8 Å². The lowest BCUT2D eigenvalue weighted by Gasteiger charge is -2.18. The van der Waals surface area contributed by atoms with Crippen molar-refractivity contribution < 1.29 is 18.7 Å². The SMILES string of the molecule is O=C(OCc1ccccc1)C1=C(OCF)CCCC1. The van der Waals surface area contributed by atoms with Gasteiger partial charge < -0.3 is 9.47 Å². The summed E-state index contributed by atoms with van der Waals surface area (Å²) in [6, 6.07) is 9.46. The molecule has 0 N–H and O–H groups in total. The number of ether oxygens (including phenoxy) is 2. The molecule has 0 saturated heterocycles. The highest BCUT2D eigenvalue weighted by atomic mass is 19.1. The van der Waals surface area contributed by atoms with Crippen LogP contribution in [0.25, 0.3) is 0 Å². The van der Waals surface area contributed by atoms with Crippen molar-refractivity contribution in [3.63, 3.8) is 0 Å². The maximum Gasteiger partial charge on any atom is 0.337 e. The van der Waals surface area contributed by atoms with Crippen molar-refractivity contribution in [2.24, 2.45) is 0 Å². The molecule has 0 unspecified atom stereocenters. The molecule has 0 radical (unpaired) electrons. The fourth-order valence-electron chi connectivity index (χ4n) is 2.13. The van der Waals surface area contributed by atoms with E-state index in [1.54, 1.807) is 0 Å². The van der Waals surface area contributed by atoms with Gasteiger partial charge in [0.15, 0.2) is 0 Å². The second kappa shape index (κ2) is 6.92. The molecule has 1 aliphatic rings. The monoisotopic (exact) mass is 264 g/mol. The molecule has 1 aromatic carbocycles. The van der Waals surface area contributed by atoms with Crippen LogP contribution in [0.15, 0.2) is 41.7 Å². The van der Waals surface area contributed by atoms with Gasteiger partial charge >= 0.3 is 5.97 Å². The Morgan fingerprint density at radius 3 is 2.63 bits per heavy atom. The molecule has 19 heavy (non-hydrogen) atoms. The predicted octanol–water partition coefficient (Wildman–Crippen LogP) is 3.50. The summed E-state index contributed by atoms with van der Waals surface area (Å²) in [5.74, 6) is 0.0545. The minimum absolute atomic E-state index is 0.228. The van der Waals surface area contributed by atoms with Crippen LogP contribution in [0, 0.1) is 0 Å². The van der Waals surface area contributed by atoms with Crippen LogP contribution >= 0.6 is 0 Å². The maximum absolute atomic E-state index is 12.3. The van der Waals surface area contributed by atoms with E-state index in [0.717, 1.165) is 18.4 Å². The molecule has 0 atom stereocenters. The smallest absolute Gasteiger partial charge is 0.337 e. The predicted molar refractivity (Wildman–Crippen MR) is 68.8 cm³/mol. The van der Waals surface area contributed by atoms with Gasteiger partial charge in [-0.15, -0.1) is 0 Å². The number of allylic oxidation sites excluding steroid dienone is 1. The molecule has 0 spiro atoms. The van der Waals surface area contributed by atoms with Crippen molar-refractivity contribution in [2.75, 3.05) is 6.86 Å².